The maximum absolute atomic E-state index is 12.1. The van der Waals surface area contributed by atoms with Crippen LogP contribution in [0.3, 0.4) is 0 Å². The van der Waals surface area contributed by atoms with Crippen molar-refractivity contribution in [1.82, 2.24) is 9.97 Å². The van der Waals surface area contributed by atoms with Crippen LogP contribution < -0.4 is 20.5 Å². The minimum atomic E-state index is -0.456. The van der Waals surface area contributed by atoms with Gasteiger partial charge in [0.05, 0.1) is 37.3 Å². The van der Waals surface area contributed by atoms with Gasteiger partial charge in [0.1, 0.15) is 23.0 Å². The number of anilines is 2. The molecule has 110 valence electrons. The Kier molecular flexibility index (Phi) is 4.44. The number of carbonyl (C=O) groups excluding carboxylic acids is 1. The molecule has 2 aromatic rings. The molecule has 0 saturated heterocycles. The quantitative estimate of drug-likeness (QED) is 0.896. The zero-order valence-corrected chi connectivity index (χ0v) is 12.1. The van der Waals surface area contributed by atoms with Gasteiger partial charge in [0.2, 0.25) is 0 Å². The van der Waals surface area contributed by atoms with Gasteiger partial charge in [-0.2, -0.15) is 0 Å². The van der Waals surface area contributed by atoms with Gasteiger partial charge in [-0.05, 0) is 6.07 Å². The molecule has 0 atom stereocenters. The summed E-state index contributed by atoms with van der Waals surface area (Å²) in [6.45, 7) is 0. The lowest BCUT2D eigenvalue weighted by atomic mass is 10.2. The molecule has 0 unspecified atom stereocenters. The number of nitrogens with one attached hydrogen (secondary N) is 1. The zero-order chi connectivity index (χ0) is 15.4. The van der Waals surface area contributed by atoms with Gasteiger partial charge >= 0.3 is 0 Å². The number of nitrogens with zero attached hydrogens (tertiary/aromatic N) is 2. The van der Waals surface area contributed by atoms with Crippen molar-refractivity contribution in [2.75, 3.05) is 25.3 Å². The molecule has 1 aromatic carbocycles. The first kappa shape index (κ1) is 14.9. The lowest BCUT2D eigenvalue weighted by Crippen LogP contribution is -2.15. The van der Waals surface area contributed by atoms with Crippen LogP contribution in [0.5, 0.6) is 11.5 Å². The van der Waals surface area contributed by atoms with E-state index >= 15 is 0 Å². The predicted octanol–water partition coefficient (Wildman–Crippen LogP) is 1.98. The molecular formula is C13H13ClN4O3. The molecule has 0 bridgehead atoms. The highest BCUT2D eigenvalue weighted by atomic mass is 35.5. The molecule has 21 heavy (non-hydrogen) atoms. The van der Waals surface area contributed by atoms with Crippen molar-refractivity contribution in [2.24, 2.45) is 0 Å². The fourth-order valence-electron chi connectivity index (χ4n) is 1.60. The number of nitrogen functional groups attached to an aromatic ring is 1. The average Bonchev–Trinajstić information content (AvgIpc) is 2.48. The fraction of sp³-hybridized carbons (Fsp3) is 0.154. The molecule has 3 N–H and O–H groups in total. The molecule has 1 amide bonds. The first-order valence-electron chi connectivity index (χ1n) is 5.85. The van der Waals surface area contributed by atoms with E-state index in [9.17, 15) is 4.79 Å². The Morgan fingerprint density at radius 3 is 2.48 bits per heavy atom. The Hall–Kier alpha value is -2.54. The summed E-state index contributed by atoms with van der Waals surface area (Å²) in [7, 11) is 2.96. The highest BCUT2D eigenvalue weighted by molar-refractivity contribution is 6.32. The van der Waals surface area contributed by atoms with Gasteiger partial charge in [-0.1, -0.05) is 11.6 Å². The van der Waals surface area contributed by atoms with Crippen molar-refractivity contribution in [1.29, 1.82) is 0 Å². The Balaban J connectivity index is 2.28. The van der Waals surface area contributed by atoms with Crippen LogP contribution in [-0.4, -0.2) is 30.1 Å². The SMILES string of the molecule is COc1cc(OC)c(NC(=O)c2cnc(N)cn2)cc1Cl. The summed E-state index contributed by atoms with van der Waals surface area (Å²) in [5.41, 5.74) is 5.94. The van der Waals surface area contributed by atoms with E-state index in [4.69, 9.17) is 26.8 Å². The van der Waals surface area contributed by atoms with Crippen LogP contribution in [0, 0.1) is 0 Å². The van der Waals surface area contributed by atoms with Crippen LogP contribution in [0.1, 0.15) is 10.5 Å². The molecule has 0 aliphatic heterocycles. The Bertz CT molecular complexity index is 661. The number of aromatic nitrogens is 2. The largest absolute Gasteiger partial charge is 0.495 e. The maximum atomic E-state index is 12.1. The van der Waals surface area contributed by atoms with E-state index in [2.05, 4.69) is 15.3 Å². The van der Waals surface area contributed by atoms with Gasteiger partial charge in [-0.25, -0.2) is 9.97 Å². The molecule has 0 aliphatic rings. The van der Waals surface area contributed by atoms with Crippen LogP contribution in [-0.2, 0) is 0 Å². The number of rotatable bonds is 4. The number of halogens is 1. The van der Waals surface area contributed by atoms with Gasteiger partial charge in [-0.3, -0.25) is 4.79 Å². The van der Waals surface area contributed by atoms with Gasteiger partial charge in [-0.15, -0.1) is 0 Å². The lowest BCUT2D eigenvalue weighted by molar-refractivity contribution is 0.102. The summed E-state index contributed by atoms with van der Waals surface area (Å²) in [4.78, 5) is 19.8. The number of carbonyl (C=O) groups is 1. The van der Waals surface area contributed by atoms with Crippen LogP contribution in [0.2, 0.25) is 5.02 Å². The summed E-state index contributed by atoms with van der Waals surface area (Å²) in [6, 6.07) is 3.11. The van der Waals surface area contributed by atoms with Gasteiger partial charge in [0.15, 0.2) is 0 Å². The van der Waals surface area contributed by atoms with Crippen LogP contribution >= 0.6 is 11.6 Å². The zero-order valence-electron chi connectivity index (χ0n) is 11.4. The van der Waals surface area contributed by atoms with E-state index in [0.29, 0.717) is 22.2 Å². The number of hydrogen-bond donors (Lipinski definition) is 2. The van der Waals surface area contributed by atoms with E-state index in [1.807, 2.05) is 0 Å². The minimum absolute atomic E-state index is 0.123. The number of methoxy groups -OCH3 is 2. The normalized spacial score (nSPS) is 10.0. The molecule has 0 radical (unpaired) electrons. The standard InChI is InChI=1S/C13H13ClN4O3/c1-20-10-4-11(21-2)8(3-7(10)14)18-13(19)9-5-17-12(15)6-16-9/h3-6H,1-2H3,(H2,15,17)(H,18,19). The Labute approximate surface area is 126 Å². The van der Waals surface area contributed by atoms with Crippen molar-refractivity contribution in [3.8, 4) is 11.5 Å². The summed E-state index contributed by atoms with van der Waals surface area (Å²) >= 11 is 6.03. The first-order chi connectivity index (χ1) is 10.0. The van der Waals surface area contributed by atoms with Gasteiger partial charge in [0, 0.05) is 6.07 Å². The van der Waals surface area contributed by atoms with Crippen LogP contribution in [0.25, 0.3) is 0 Å². The highest BCUT2D eigenvalue weighted by Crippen LogP contribution is 2.35. The van der Waals surface area contributed by atoms with Crippen molar-refractivity contribution in [3.63, 3.8) is 0 Å². The van der Waals surface area contributed by atoms with Gasteiger partial charge < -0.3 is 20.5 Å². The van der Waals surface area contributed by atoms with Crippen molar-refractivity contribution < 1.29 is 14.3 Å². The molecule has 8 heteroatoms. The monoisotopic (exact) mass is 308 g/mol. The summed E-state index contributed by atoms with van der Waals surface area (Å²) in [5.74, 6) is 0.630. The Morgan fingerprint density at radius 2 is 1.90 bits per heavy atom. The lowest BCUT2D eigenvalue weighted by Gasteiger charge is -2.12. The predicted molar refractivity (Wildman–Crippen MR) is 79.0 cm³/mol. The molecule has 0 saturated carbocycles. The second-order valence-electron chi connectivity index (χ2n) is 3.97. The second kappa shape index (κ2) is 6.27. The van der Waals surface area contributed by atoms with E-state index in [1.54, 1.807) is 6.07 Å². The summed E-state index contributed by atoms with van der Waals surface area (Å²) < 4.78 is 10.3. The fourth-order valence-corrected chi connectivity index (χ4v) is 1.84. The van der Waals surface area contributed by atoms with E-state index < -0.39 is 5.91 Å². The van der Waals surface area contributed by atoms with E-state index in [-0.39, 0.29) is 11.5 Å². The molecule has 7 nitrogen and oxygen atoms in total. The van der Waals surface area contributed by atoms with Crippen LogP contribution in [0.4, 0.5) is 11.5 Å². The van der Waals surface area contributed by atoms with Crippen LogP contribution in [0.15, 0.2) is 24.5 Å². The molecule has 1 aromatic heterocycles. The topological polar surface area (TPSA) is 99.4 Å². The summed E-state index contributed by atoms with van der Waals surface area (Å²) in [5, 5.41) is 2.99. The molecule has 0 fully saturated rings. The van der Waals surface area contributed by atoms with Crippen molar-refractivity contribution in [3.05, 3.63) is 35.2 Å². The molecule has 0 spiro atoms. The molecule has 1 heterocycles. The third kappa shape index (κ3) is 3.32. The molecule has 0 aliphatic carbocycles. The number of hydrogen-bond acceptors (Lipinski definition) is 6. The number of ether oxygens (including phenoxy) is 2. The van der Waals surface area contributed by atoms with Gasteiger partial charge in [0.25, 0.3) is 5.91 Å². The van der Waals surface area contributed by atoms with Crippen molar-refractivity contribution in [2.45, 2.75) is 0 Å². The smallest absolute Gasteiger partial charge is 0.275 e. The average molecular weight is 309 g/mol. The Morgan fingerprint density at radius 1 is 1.19 bits per heavy atom. The van der Waals surface area contributed by atoms with Crippen molar-refractivity contribution >= 4 is 29.0 Å². The second-order valence-corrected chi connectivity index (χ2v) is 4.37. The summed E-state index contributed by atoms with van der Waals surface area (Å²) in [6.07, 6.45) is 2.58. The third-order valence-corrected chi connectivity index (χ3v) is 2.92. The maximum Gasteiger partial charge on any atom is 0.275 e. The first-order valence-corrected chi connectivity index (χ1v) is 6.23. The number of benzene rings is 1. The number of nitrogens with two attached hydrogens (primary N) is 1. The van der Waals surface area contributed by atoms with E-state index in [0.717, 1.165) is 0 Å². The molecular weight excluding hydrogens is 296 g/mol. The molecule has 2 rings (SSSR count). The third-order valence-electron chi connectivity index (χ3n) is 2.63. The minimum Gasteiger partial charge on any atom is -0.495 e. The number of amides is 1. The highest BCUT2D eigenvalue weighted by Gasteiger charge is 2.14. The van der Waals surface area contributed by atoms with E-state index in [1.165, 1.54) is 32.7 Å².